The minimum absolute atomic E-state index is 0.0262. The molecule has 3 aliphatic rings. The Labute approximate surface area is 143 Å². The van der Waals surface area contributed by atoms with Crippen LogP contribution in [0, 0.1) is 5.92 Å². The fourth-order valence-electron chi connectivity index (χ4n) is 3.25. The smallest absolute Gasteiger partial charge is 0.275 e. The number of rotatable bonds is 3. The lowest BCUT2D eigenvalue weighted by molar-refractivity contribution is -0.172. The molecule has 0 radical (unpaired) electrons. The summed E-state index contributed by atoms with van der Waals surface area (Å²) in [5, 5.41) is 5.51. The monoisotopic (exact) mass is 352 g/mol. The summed E-state index contributed by atoms with van der Waals surface area (Å²) in [6.07, 6.45) is 2.38. The van der Waals surface area contributed by atoms with Crippen molar-refractivity contribution in [3.8, 4) is 0 Å². The van der Waals surface area contributed by atoms with Crippen LogP contribution in [0.2, 0.25) is 0 Å². The van der Waals surface area contributed by atoms with E-state index in [4.69, 9.17) is 9.47 Å². The highest BCUT2D eigenvalue weighted by molar-refractivity contribution is 7.03. The van der Waals surface area contributed by atoms with Gasteiger partial charge in [0.1, 0.15) is 12.2 Å². The predicted molar refractivity (Wildman–Crippen MR) is 84.6 cm³/mol. The van der Waals surface area contributed by atoms with Crippen LogP contribution in [0.15, 0.2) is 5.38 Å². The molecule has 3 fully saturated rings. The highest BCUT2D eigenvalue weighted by Crippen LogP contribution is 2.32. The molecule has 1 atom stereocenters. The number of hydrogen-bond acceptors (Lipinski definition) is 7. The summed E-state index contributed by atoms with van der Waals surface area (Å²) >= 11 is 1.15. The van der Waals surface area contributed by atoms with Gasteiger partial charge in [0, 0.05) is 18.5 Å². The lowest BCUT2D eigenvalue weighted by atomic mass is 10.0. The summed E-state index contributed by atoms with van der Waals surface area (Å²) in [5.41, 5.74) is -0.308. The molecule has 1 spiro atoms. The van der Waals surface area contributed by atoms with Crippen LogP contribution in [0.1, 0.15) is 23.3 Å². The third kappa shape index (κ3) is 3.28. The van der Waals surface area contributed by atoms with E-state index in [1.807, 2.05) is 4.90 Å². The number of ether oxygens (including phenoxy) is 2. The van der Waals surface area contributed by atoms with Crippen molar-refractivity contribution in [1.29, 1.82) is 0 Å². The molecule has 2 aliphatic heterocycles. The number of hydrogen-bond donors (Lipinski definition) is 0. The highest BCUT2D eigenvalue weighted by atomic mass is 32.1. The normalized spacial score (nSPS) is 28.2. The van der Waals surface area contributed by atoms with Crippen LogP contribution in [0.3, 0.4) is 0 Å². The van der Waals surface area contributed by atoms with E-state index in [1.54, 1.807) is 10.3 Å². The zero-order valence-electron chi connectivity index (χ0n) is 13.3. The Hall–Kier alpha value is -1.58. The Morgan fingerprint density at radius 1 is 1.42 bits per heavy atom. The number of nitrogens with zero attached hydrogens (tertiary/aromatic N) is 4. The minimum Gasteiger partial charge on any atom is -0.376 e. The molecule has 1 aliphatic carbocycles. The van der Waals surface area contributed by atoms with Crippen LogP contribution in [-0.2, 0) is 14.3 Å². The summed E-state index contributed by atoms with van der Waals surface area (Å²) in [5.74, 6) is 0.482. The maximum absolute atomic E-state index is 12.6. The van der Waals surface area contributed by atoms with Gasteiger partial charge in [0.05, 0.1) is 26.3 Å². The van der Waals surface area contributed by atoms with E-state index in [2.05, 4.69) is 9.59 Å². The second-order valence-electron chi connectivity index (χ2n) is 6.76. The van der Waals surface area contributed by atoms with Gasteiger partial charge in [0.2, 0.25) is 5.91 Å². The topological polar surface area (TPSA) is 84.9 Å². The van der Waals surface area contributed by atoms with Crippen LogP contribution >= 0.6 is 11.5 Å². The molecule has 9 heteroatoms. The SMILES string of the molecule is O=C1COC2(COCCN(C(=O)c3csnn3)C2)CN1CC1CC1. The van der Waals surface area contributed by atoms with Crippen molar-refractivity contribution < 1.29 is 19.1 Å². The van der Waals surface area contributed by atoms with E-state index in [-0.39, 0.29) is 18.4 Å². The minimum atomic E-state index is -0.654. The molecule has 1 saturated carbocycles. The van der Waals surface area contributed by atoms with Crippen molar-refractivity contribution in [2.24, 2.45) is 5.92 Å². The Morgan fingerprint density at radius 3 is 3.04 bits per heavy atom. The first-order chi connectivity index (χ1) is 11.7. The third-order valence-corrected chi connectivity index (χ3v) is 5.23. The van der Waals surface area contributed by atoms with E-state index < -0.39 is 5.60 Å². The van der Waals surface area contributed by atoms with Crippen molar-refractivity contribution in [2.45, 2.75) is 18.4 Å². The summed E-state index contributed by atoms with van der Waals surface area (Å²) in [4.78, 5) is 28.3. The van der Waals surface area contributed by atoms with Crippen molar-refractivity contribution in [1.82, 2.24) is 19.4 Å². The Bertz CT molecular complexity index is 621. The van der Waals surface area contributed by atoms with Crippen molar-refractivity contribution in [2.75, 3.05) is 46.0 Å². The molecular weight excluding hydrogens is 332 g/mol. The second-order valence-corrected chi connectivity index (χ2v) is 7.37. The zero-order chi connectivity index (χ0) is 16.6. The molecule has 2 saturated heterocycles. The number of carbonyl (C=O) groups is 2. The fourth-order valence-corrected chi connectivity index (χ4v) is 3.68. The number of morpholine rings is 1. The first-order valence-corrected chi connectivity index (χ1v) is 9.05. The van der Waals surface area contributed by atoms with Gasteiger partial charge in [0.25, 0.3) is 5.91 Å². The molecule has 2 amide bonds. The summed E-state index contributed by atoms with van der Waals surface area (Å²) in [6.45, 7) is 3.03. The van der Waals surface area contributed by atoms with E-state index in [9.17, 15) is 9.59 Å². The highest BCUT2D eigenvalue weighted by Gasteiger charge is 2.45. The molecule has 4 rings (SSSR count). The van der Waals surface area contributed by atoms with Crippen LogP contribution in [-0.4, -0.2) is 82.8 Å². The van der Waals surface area contributed by atoms with Gasteiger partial charge in [-0.1, -0.05) is 4.49 Å². The molecule has 130 valence electrons. The maximum atomic E-state index is 12.6. The molecule has 8 nitrogen and oxygen atoms in total. The lowest BCUT2D eigenvalue weighted by Crippen LogP contribution is -2.61. The Kier molecular flexibility index (Phi) is 4.23. The van der Waals surface area contributed by atoms with Gasteiger partial charge in [-0.25, -0.2) is 0 Å². The van der Waals surface area contributed by atoms with Gasteiger partial charge in [0.15, 0.2) is 5.69 Å². The van der Waals surface area contributed by atoms with Gasteiger partial charge >= 0.3 is 0 Å². The van der Waals surface area contributed by atoms with Crippen LogP contribution < -0.4 is 0 Å². The first-order valence-electron chi connectivity index (χ1n) is 8.21. The first kappa shape index (κ1) is 15.9. The molecule has 1 unspecified atom stereocenters. The summed E-state index contributed by atoms with van der Waals surface area (Å²) in [7, 11) is 0. The molecule has 3 heterocycles. The van der Waals surface area contributed by atoms with Gasteiger partial charge in [-0.3, -0.25) is 9.59 Å². The fraction of sp³-hybridized carbons (Fsp3) is 0.733. The van der Waals surface area contributed by atoms with E-state index in [0.29, 0.717) is 44.5 Å². The van der Waals surface area contributed by atoms with Crippen molar-refractivity contribution in [3.63, 3.8) is 0 Å². The summed E-state index contributed by atoms with van der Waals surface area (Å²) < 4.78 is 15.3. The quantitative estimate of drug-likeness (QED) is 0.762. The van der Waals surface area contributed by atoms with Crippen molar-refractivity contribution >= 4 is 23.3 Å². The number of aromatic nitrogens is 2. The lowest BCUT2D eigenvalue weighted by Gasteiger charge is -2.43. The molecule has 24 heavy (non-hydrogen) atoms. The van der Waals surface area contributed by atoms with Gasteiger partial charge in [-0.15, -0.1) is 5.10 Å². The van der Waals surface area contributed by atoms with Crippen molar-refractivity contribution in [3.05, 3.63) is 11.1 Å². The van der Waals surface area contributed by atoms with Gasteiger partial charge in [-0.2, -0.15) is 0 Å². The third-order valence-electron chi connectivity index (χ3n) is 4.73. The van der Waals surface area contributed by atoms with E-state index in [0.717, 1.165) is 18.1 Å². The standard InChI is InChI=1S/C15H20N4O4S/c20-13-6-23-15(9-19(13)5-11-1-2-11)8-18(3-4-22-10-15)14(21)12-7-24-17-16-12/h7,11H,1-6,8-10H2. The number of amides is 2. The molecule has 1 aromatic rings. The predicted octanol–water partition coefficient (Wildman–Crippen LogP) is 0.0181. The zero-order valence-corrected chi connectivity index (χ0v) is 14.2. The average molecular weight is 352 g/mol. The number of carbonyl (C=O) groups excluding carboxylic acids is 2. The van der Waals surface area contributed by atoms with E-state index in [1.165, 1.54) is 12.8 Å². The molecule has 0 N–H and O–H groups in total. The van der Waals surface area contributed by atoms with Crippen LogP contribution in [0.5, 0.6) is 0 Å². The molecule has 0 bridgehead atoms. The Morgan fingerprint density at radius 2 is 2.29 bits per heavy atom. The molecule has 0 aromatic carbocycles. The Balaban J connectivity index is 1.50. The summed E-state index contributed by atoms with van der Waals surface area (Å²) in [6, 6.07) is 0. The van der Waals surface area contributed by atoms with Crippen LogP contribution in [0.4, 0.5) is 0 Å². The molecule has 1 aromatic heterocycles. The second kappa shape index (κ2) is 6.38. The average Bonchev–Trinajstić information content (AvgIpc) is 3.27. The van der Waals surface area contributed by atoms with Crippen LogP contribution in [0.25, 0.3) is 0 Å². The van der Waals surface area contributed by atoms with E-state index >= 15 is 0 Å². The van der Waals surface area contributed by atoms with Gasteiger partial charge in [-0.05, 0) is 30.3 Å². The molecular formula is C15H20N4O4S. The van der Waals surface area contributed by atoms with Gasteiger partial charge < -0.3 is 19.3 Å². The largest absolute Gasteiger partial charge is 0.376 e. The maximum Gasteiger partial charge on any atom is 0.275 e.